The molecule has 2 heterocycles. The summed E-state index contributed by atoms with van der Waals surface area (Å²) in [5, 5.41) is 0. The smallest absolute Gasteiger partial charge is 0.335 e. The van der Waals surface area contributed by atoms with E-state index in [1.54, 1.807) is 6.07 Å². The zero-order chi connectivity index (χ0) is 15.0. The van der Waals surface area contributed by atoms with Crippen LogP contribution in [0.1, 0.15) is 29.1 Å². The number of nitrogens with two attached hydrogens (primary N) is 1. The summed E-state index contributed by atoms with van der Waals surface area (Å²) in [6, 6.07) is 5.74. The molecule has 0 bridgehead atoms. The van der Waals surface area contributed by atoms with Crippen molar-refractivity contribution in [3.8, 4) is 0 Å². The summed E-state index contributed by atoms with van der Waals surface area (Å²) < 4.78 is 41.0. The molecule has 1 unspecified atom stereocenters. The number of rotatable bonds is 2. The Morgan fingerprint density at radius 1 is 1.29 bits per heavy atom. The van der Waals surface area contributed by atoms with E-state index in [1.807, 2.05) is 10.8 Å². The Labute approximate surface area is 120 Å². The topological polar surface area (TPSA) is 43.8 Å². The van der Waals surface area contributed by atoms with Gasteiger partial charge in [0.25, 0.3) is 0 Å². The lowest BCUT2D eigenvalue weighted by molar-refractivity contribution is -0.138. The molecule has 3 rings (SSSR count). The van der Waals surface area contributed by atoms with Gasteiger partial charge >= 0.3 is 6.18 Å². The van der Waals surface area contributed by atoms with Crippen molar-refractivity contribution in [2.45, 2.75) is 38.0 Å². The molecule has 0 aliphatic carbocycles. The number of hydrogen-bond acceptors (Lipinski definition) is 2. The van der Waals surface area contributed by atoms with Crippen molar-refractivity contribution in [2.24, 2.45) is 5.73 Å². The van der Waals surface area contributed by atoms with Crippen LogP contribution in [0.2, 0.25) is 0 Å². The van der Waals surface area contributed by atoms with Gasteiger partial charge in [-0.15, -0.1) is 0 Å². The van der Waals surface area contributed by atoms with Crippen molar-refractivity contribution in [3.05, 3.63) is 53.1 Å². The Morgan fingerprint density at radius 2 is 2.05 bits per heavy atom. The van der Waals surface area contributed by atoms with Gasteiger partial charge in [-0.25, -0.2) is 4.98 Å². The molecule has 112 valence electrons. The van der Waals surface area contributed by atoms with Crippen LogP contribution in [0.15, 0.2) is 30.5 Å². The van der Waals surface area contributed by atoms with E-state index in [0.29, 0.717) is 12.1 Å². The summed E-state index contributed by atoms with van der Waals surface area (Å²) >= 11 is 0. The lowest BCUT2D eigenvalue weighted by Crippen LogP contribution is -2.30. The third kappa shape index (κ3) is 2.95. The maximum atomic E-state index is 13.0. The van der Waals surface area contributed by atoms with E-state index in [0.717, 1.165) is 24.9 Å². The van der Waals surface area contributed by atoms with Crippen LogP contribution in [0.3, 0.4) is 0 Å². The normalized spacial score (nSPS) is 18.6. The maximum Gasteiger partial charge on any atom is 0.416 e. The van der Waals surface area contributed by atoms with Crippen LogP contribution in [0, 0.1) is 0 Å². The Bertz CT molecular complexity index is 646. The minimum atomic E-state index is -4.34. The van der Waals surface area contributed by atoms with E-state index < -0.39 is 11.7 Å². The second-order valence-electron chi connectivity index (χ2n) is 5.43. The van der Waals surface area contributed by atoms with Crippen molar-refractivity contribution in [2.75, 3.05) is 0 Å². The first kappa shape index (κ1) is 14.1. The molecule has 6 heteroatoms. The number of benzene rings is 1. The summed E-state index contributed by atoms with van der Waals surface area (Å²) in [6.45, 7) is 0.782. The fourth-order valence-corrected chi connectivity index (χ4v) is 2.74. The van der Waals surface area contributed by atoms with Gasteiger partial charge in [-0.05, 0) is 18.1 Å². The third-order valence-electron chi connectivity index (χ3n) is 3.79. The van der Waals surface area contributed by atoms with Gasteiger partial charge in [0.05, 0.1) is 11.3 Å². The summed E-state index contributed by atoms with van der Waals surface area (Å²) in [4.78, 5) is 4.44. The first-order chi connectivity index (χ1) is 9.93. The molecule has 0 fully saturated rings. The molecule has 21 heavy (non-hydrogen) atoms. The molecular formula is C15H16F3N3. The number of alkyl halides is 3. The van der Waals surface area contributed by atoms with Crippen molar-refractivity contribution < 1.29 is 13.2 Å². The van der Waals surface area contributed by atoms with E-state index in [-0.39, 0.29) is 18.0 Å². The number of fused-ring (bicyclic) bond motifs is 1. The zero-order valence-electron chi connectivity index (χ0n) is 11.4. The van der Waals surface area contributed by atoms with Crippen LogP contribution in [-0.2, 0) is 25.6 Å². The van der Waals surface area contributed by atoms with E-state index in [1.165, 1.54) is 12.1 Å². The summed E-state index contributed by atoms with van der Waals surface area (Å²) in [5.74, 6) is 0.869. The Kier molecular flexibility index (Phi) is 3.49. The average Bonchev–Trinajstić information content (AvgIpc) is 2.79. The molecule has 2 aromatic rings. The SMILES string of the molecule is NC1CCn2cc(Cc3ccccc3C(F)(F)F)nc2C1. The van der Waals surface area contributed by atoms with E-state index in [2.05, 4.69) is 4.98 Å². The van der Waals surface area contributed by atoms with Gasteiger partial charge in [-0.3, -0.25) is 0 Å². The van der Waals surface area contributed by atoms with Crippen LogP contribution in [-0.4, -0.2) is 15.6 Å². The quantitative estimate of drug-likeness (QED) is 0.926. The predicted octanol–water partition coefficient (Wildman–Crippen LogP) is 2.77. The molecule has 0 saturated carbocycles. The van der Waals surface area contributed by atoms with Crippen LogP contribution in [0.25, 0.3) is 0 Å². The molecule has 1 aliphatic rings. The third-order valence-corrected chi connectivity index (χ3v) is 3.79. The Hall–Kier alpha value is -1.82. The highest BCUT2D eigenvalue weighted by Crippen LogP contribution is 2.32. The number of hydrogen-bond donors (Lipinski definition) is 1. The molecule has 0 amide bonds. The first-order valence-corrected chi connectivity index (χ1v) is 6.89. The van der Waals surface area contributed by atoms with Gasteiger partial charge in [-0.1, -0.05) is 18.2 Å². The molecule has 1 aromatic heterocycles. The van der Waals surface area contributed by atoms with E-state index >= 15 is 0 Å². The van der Waals surface area contributed by atoms with Gasteiger partial charge < -0.3 is 10.3 Å². The molecule has 1 atom stereocenters. The molecule has 2 N–H and O–H groups in total. The second kappa shape index (κ2) is 5.18. The standard InChI is InChI=1S/C15H16F3N3/c16-15(17,18)13-4-2-1-3-10(13)7-12-9-21-6-5-11(19)8-14(21)20-12/h1-4,9,11H,5-8,19H2. The van der Waals surface area contributed by atoms with Gasteiger partial charge in [0.15, 0.2) is 0 Å². The number of halogens is 3. The molecular weight excluding hydrogens is 279 g/mol. The van der Waals surface area contributed by atoms with E-state index in [9.17, 15) is 13.2 Å². The highest BCUT2D eigenvalue weighted by atomic mass is 19.4. The number of aromatic nitrogens is 2. The van der Waals surface area contributed by atoms with Crippen LogP contribution in [0.5, 0.6) is 0 Å². The van der Waals surface area contributed by atoms with Crippen molar-refractivity contribution in [3.63, 3.8) is 0 Å². The van der Waals surface area contributed by atoms with Gasteiger partial charge in [-0.2, -0.15) is 13.2 Å². The summed E-state index contributed by atoms with van der Waals surface area (Å²) in [6.07, 6.45) is -0.750. The molecule has 1 aromatic carbocycles. The summed E-state index contributed by atoms with van der Waals surface area (Å²) in [7, 11) is 0. The fourth-order valence-electron chi connectivity index (χ4n) is 2.74. The number of imidazole rings is 1. The van der Waals surface area contributed by atoms with Crippen molar-refractivity contribution >= 4 is 0 Å². The summed E-state index contributed by atoms with van der Waals surface area (Å²) in [5.41, 5.74) is 6.22. The van der Waals surface area contributed by atoms with Gasteiger partial charge in [0.2, 0.25) is 0 Å². The minimum absolute atomic E-state index is 0.0928. The molecule has 1 aliphatic heterocycles. The molecule has 0 saturated heterocycles. The van der Waals surface area contributed by atoms with Crippen molar-refractivity contribution in [1.82, 2.24) is 9.55 Å². The first-order valence-electron chi connectivity index (χ1n) is 6.89. The van der Waals surface area contributed by atoms with Crippen LogP contribution < -0.4 is 5.73 Å². The predicted molar refractivity (Wildman–Crippen MR) is 72.8 cm³/mol. The van der Waals surface area contributed by atoms with Crippen LogP contribution >= 0.6 is 0 Å². The average molecular weight is 295 g/mol. The lowest BCUT2D eigenvalue weighted by atomic mass is 10.0. The maximum absolute atomic E-state index is 13.0. The van der Waals surface area contributed by atoms with Crippen molar-refractivity contribution in [1.29, 1.82) is 0 Å². The Balaban J connectivity index is 1.88. The zero-order valence-corrected chi connectivity index (χ0v) is 11.4. The van der Waals surface area contributed by atoms with Crippen LogP contribution in [0.4, 0.5) is 13.2 Å². The van der Waals surface area contributed by atoms with Gasteiger partial charge in [0, 0.05) is 31.6 Å². The molecule has 0 spiro atoms. The minimum Gasteiger partial charge on any atom is -0.335 e. The van der Waals surface area contributed by atoms with E-state index in [4.69, 9.17) is 5.73 Å². The van der Waals surface area contributed by atoms with Gasteiger partial charge in [0.1, 0.15) is 5.82 Å². The molecule has 0 radical (unpaired) electrons. The second-order valence-corrected chi connectivity index (χ2v) is 5.43. The number of aryl methyl sites for hydroxylation is 1. The lowest BCUT2D eigenvalue weighted by Gasteiger charge is -2.18. The number of nitrogens with zero attached hydrogens (tertiary/aromatic N) is 2. The highest BCUT2D eigenvalue weighted by molar-refractivity contribution is 5.33. The molecule has 3 nitrogen and oxygen atoms in total. The Morgan fingerprint density at radius 3 is 2.81 bits per heavy atom. The highest BCUT2D eigenvalue weighted by Gasteiger charge is 2.33. The largest absolute Gasteiger partial charge is 0.416 e. The monoisotopic (exact) mass is 295 g/mol. The fraction of sp³-hybridized carbons (Fsp3) is 0.400.